The van der Waals surface area contributed by atoms with Gasteiger partial charge < -0.3 is 9.47 Å². The Balaban J connectivity index is 1.54. The zero-order valence-corrected chi connectivity index (χ0v) is 17.1. The van der Waals surface area contributed by atoms with Crippen LogP contribution in [0, 0.1) is 0 Å². The molecule has 2 aliphatic heterocycles. The van der Waals surface area contributed by atoms with E-state index in [1.807, 2.05) is 35.2 Å². The number of piperidine rings is 1. The van der Waals surface area contributed by atoms with Crippen LogP contribution in [0.1, 0.15) is 58.8 Å². The number of carbonyl (C=O) groups excluding carboxylic acids is 2. The zero-order chi connectivity index (χ0) is 19.9. The first-order valence-electron chi connectivity index (χ1n) is 10.3. The van der Waals surface area contributed by atoms with Crippen molar-refractivity contribution in [2.24, 2.45) is 0 Å². The maximum absolute atomic E-state index is 13.0. The van der Waals surface area contributed by atoms with Crippen molar-refractivity contribution in [1.82, 2.24) is 14.4 Å². The summed E-state index contributed by atoms with van der Waals surface area (Å²) in [5, 5.41) is 0. The van der Waals surface area contributed by atoms with Crippen LogP contribution < -0.4 is 0 Å². The topological polar surface area (TPSA) is 45.6 Å². The van der Waals surface area contributed by atoms with Crippen LogP contribution in [0.3, 0.4) is 0 Å². The first-order chi connectivity index (χ1) is 13.5. The second-order valence-electron chi connectivity index (χ2n) is 8.11. The van der Waals surface area contributed by atoms with E-state index in [2.05, 4.69) is 29.5 Å². The van der Waals surface area contributed by atoms with Crippen LogP contribution in [-0.4, -0.2) is 52.7 Å². The van der Waals surface area contributed by atoms with Crippen molar-refractivity contribution < 1.29 is 9.59 Å². The molecule has 2 aliphatic rings. The molecular formula is C23H29N3O2. The van der Waals surface area contributed by atoms with Crippen LogP contribution in [0.5, 0.6) is 0 Å². The van der Waals surface area contributed by atoms with E-state index in [-0.39, 0.29) is 17.2 Å². The zero-order valence-electron chi connectivity index (χ0n) is 17.1. The van der Waals surface area contributed by atoms with Crippen molar-refractivity contribution in [2.75, 3.05) is 26.7 Å². The molecule has 1 amide bonds. The molecule has 148 valence electrons. The van der Waals surface area contributed by atoms with E-state index >= 15 is 0 Å². The van der Waals surface area contributed by atoms with E-state index in [9.17, 15) is 9.59 Å². The molecule has 1 spiro atoms. The third-order valence-corrected chi connectivity index (χ3v) is 6.69. The third kappa shape index (κ3) is 2.98. The van der Waals surface area contributed by atoms with Crippen molar-refractivity contribution in [3.63, 3.8) is 0 Å². The number of aryl methyl sites for hydroxylation is 1. The summed E-state index contributed by atoms with van der Waals surface area (Å²) in [5.74, 6) is 0.241. The molecule has 1 fully saturated rings. The van der Waals surface area contributed by atoms with Gasteiger partial charge in [-0.25, -0.2) is 0 Å². The Morgan fingerprint density at radius 1 is 0.964 bits per heavy atom. The number of likely N-dealkylation sites (N-methyl/N-ethyl adjacent to an activating group) is 1. The molecule has 0 saturated carbocycles. The minimum atomic E-state index is -0.0885. The van der Waals surface area contributed by atoms with Crippen LogP contribution in [0.25, 0.3) is 0 Å². The van der Waals surface area contributed by atoms with Gasteiger partial charge in [0.1, 0.15) is 0 Å². The summed E-state index contributed by atoms with van der Waals surface area (Å²) in [6, 6.07) is 12.1. The monoisotopic (exact) mass is 379 g/mol. The molecular weight excluding hydrogens is 350 g/mol. The number of carbonyl (C=O) groups is 2. The van der Waals surface area contributed by atoms with Gasteiger partial charge in [0.25, 0.3) is 5.91 Å². The van der Waals surface area contributed by atoms with E-state index in [4.69, 9.17) is 0 Å². The Kier molecular flexibility index (Phi) is 4.88. The molecule has 5 nitrogen and oxygen atoms in total. The van der Waals surface area contributed by atoms with E-state index in [1.54, 1.807) is 6.92 Å². The van der Waals surface area contributed by atoms with E-state index in [0.717, 1.165) is 56.7 Å². The van der Waals surface area contributed by atoms with Crippen molar-refractivity contribution in [1.29, 1.82) is 0 Å². The minimum absolute atomic E-state index is 0.0885. The van der Waals surface area contributed by atoms with Crippen molar-refractivity contribution in [3.05, 3.63) is 58.9 Å². The first-order valence-corrected chi connectivity index (χ1v) is 10.3. The number of amides is 1. The number of rotatable bonds is 3. The lowest BCUT2D eigenvalue weighted by atomic mass is 9.81. The molecule has 28 heavy (non-hydrogen) atoms. The molecule has 0 atom stereocenters. The first kappa shape index (κ1) is 18.9. The molecule has 0 radical (unpaired) electrons. The van der Waals surface area contributed by atoms with Gasteiger partial charge in [0.15, 0.2) is 5.78 Å². The Bertz CT molecular complexity index is 889. The average molecular weight is 380 g/mol. The van der Waals surface area contributed by atoms with Gasteiger partial charge in [-0.05, 0) is 56.1 Å². The lowest BCUT2D eigenvalue weighted by molar-refractivity contribution is 0.0128. The predicted molar refractivity (Wildman–Crippen MR) is 110 cm³/mol. The Hall–Kier alpha value is -2.40. The van der Waals surface area contributed by atoms with Gasteiger partial charge in [-0.2, -0.15) is 0 Å². The highest BCUT2D eigenvalue weighted by molar-refractivity contribution is 5.94. The van der Waals surface area contributed by atoms with E-state index < -0.39 is 0 Å². The fraction of sp³-hybridized carbons (Fsp3) is 0.478. The lowest BCUT2D eigenvalue weighted by Gasteiger charge is -2.50. The van der Waals surface area contributed by atoms with Gasteiger partial charge in [0.05, 0.1) is 11.2 Å². The Morgan fingerprint density at radius 3 is 2.25 bits per heavy atom. The SMILES string of the molecule is CCc1ccc(C(=O)N2CCC3(CC2)c2ccc(C(C)=O)n2CCN3C)cc1. The summed E-state index contributed by atoms with van der Waals surface area (Å²) in [6.45, 7) is 7.00. The Labute approximate surface area is 166 Å². The third-order valence-electron chi connectivity index (χ3n) is 6.69. The highest BCUT2D eigenvalue weighted by atomic mass is 16.2. The molecule has 0 unspecified atom stereocenters. The molecule has 5 heteroatoms. The normalized spacial score (nSPS) is 18.9. The van der Waals surface area contributed by atoms with Crippen molar-refractivity contribution in [3.8, 4) is 0 Å². The summed E-state index contributed by atoms with van der Waals surface area (Å²) >= 11 is 0. The largest absolute Gasteiger partial charge is 0.339 e. The summed E-state index contributed by atoms with van der Waals surface area (Å²) in [7, 11) is 2.17. The summed E-state index contributed by atoms with van der Waals surface area (Å²) in [6.07, 6.45) is 2.77. The number of fused-ring (bicyclic) bond motifs is 2. The number of nitrogens with zero attached hydrogens (tertiary/aromatic N) is 3. The van der Waals surface area contributed by atoms with Gasteiger partial charge in [0, 0.05) is 44.4 Å². The van der Waals surface area contributed by atoms with Gasteiger partial charge in [0.2, 0.25) is 0 Å². The molecule has 3 heterocycles. The smallest absolute Gasteiger partial charge is 0.253 e. The van der Waals surface area contributed by atoms with Crippen molar-refractivity contribution in [2.45, 2.75) is 45.2 Å². The van der Waals surface area contributed by atoms with Gasteiger partial charge in [-0.1, -0.05) is 19.1 Å². The standard InChI is InChI=1S/C23H29N3O2/c1-4-18-5-7-19(8-6-18)22(28)25-13-11-23(12-14-25)21-10-9-20(17(2)27)26(21)16-15-24(23)3/h5-10H,4,11-16H2,1-3H3. The molecule has 4 rings (SSSR count). The molecule has 2 aromatic rings. The maximum atomic E-state index is 13.0. The number of aromatic nitrogens is 1. The van der Waals surface area contributed by atoms with Crippen LogP contribution in [-0.2, 0) is 18.5 Å². The fourth-order valence-electron chi connectivity index (χ4n) is 4.86. The fourth-order valence-corrected chi connectivity index (χ4v) is 4.86. The van der Waals surface area contributed by atoms with Gasteiger partial charge >= 0.3 is 0 Å². The quantitative estimate of drug-likeness (QED) is 0.769. The van der Waals surface area contributed by atoms with E-state index in [0.29, 0.717) is 0 Å². The molecule has 1 saturated heterocycles. The number of hydrogen-bond acceptors (Lipinski definition) is 3. The molecule has 1 aromatic heterocycles. The summed E-state index contributed by atoms with van der Waals surface area (Å²) in [5.41, 5.74) is 3.96. The van der Waals surface area contributed by atoms with E-state index in [1.165, 1.54) is 11.3 Å². The second kappa shape index (κ2) is 7.21. The number of Topliss-reactive ketones (excluding diaryl/α,β-unsaturated/α-hetero) is 1. The minimum Gasteiger partial charge on any atom is -0.339 e. The van der Waals surface area contributed by atoms with Crippen LogP contribution in [0.2, 0.25) is 0 Å². The summed E-state index contributed by atoms with van der Waals surface area (Å²) in [4.78, 5) is 29.3. The molecule has 0 bridgehead atoms. The number of hydrogen-bond donors (Lipinski definition) is 0. The van der Waals surface area contributed by atoms with Gasteiger partial charge in [-0.15, -0.1) is 0 Å². The second-order valence-corrected chi connectivity index (χ2v) is 8.11. The molecule has 1 aromatic carbocycles. The number of ketones is 1. The predicted octanol–water partition coefficient (Wildman–Crippen LogP) is 3.33. The highest BCUT2D eigenvalue weighted by Crippen LogP contribution is 2.41. The molecule has 0 N–H and O–H groups in total. The van der Waals surface area contributed by atoms with Crippen LogP contribution in [0.4, 0.5) is 0 Å². The summed E-state index contributed by atoms with van der Waals surface area (Å²) < 4.78 is 2.20. The Morgan fingerprint density at radius 2 is 1.64 bits per heavy atom. The lowest BCUT2D eigenvalue weighted by Crippen LogP contribution is -2.56. The average Bonchev–Trinajstić information content (AvgIpc) is 3.16. The molecule has 0 aliphatic carbocycles. The maximum Gasteiger partial charge on any atom is 0.253 e. The highest BCUT2D eigenvalue weighted by Gasteiger charge is 2.45. The number of benzene rings is 1. The van der Waals surface area contributed by atoms with Gasteiger partial charge in [-0.3, -0.25) is 14.5 Å². The van der Waals surface area contributed by atoms with Crippen LogP contribution in [0.15, 0.2) is 36.4 Å². The van der Waals surface area contributed by atoms with Crippen LogP contribution >= 0.6 is 0 Å². The van der Waals surface area contributed by atoms with Crippen molar-refractivity contribution >= 4 is 11.7 Å². The number of likely N-dealkylation sites (tertiary alicyclic amines) is 1.